The molecule has 0 aromatic carbocycles. The summed E-state index contributed by atoms with van der Waals surface area (Å²) in [5.41, 5.74) is 9.34. The molecule has 2 bridgehead atoms. The third-order valence-corrected chi connectivity index (χ3v) is 8.98. The van der Waals surface area contributed by atoms with E-state index >= 15 is 0 Å². The molecular formula is C25H34N2O4S. The molecule has 7 heteroatoms. The number of hydrogen-bond donors (Lipinski definition) is 3. The van der Waals surface area contributed by atoms with Gasteiger partial charge in [0.15, 0.2) is 0 Å². The predicted octanol–water partition coefficient (Wildman–Crippen LogP) is 4.35. The second kappa shape index (κ2) is 8.32. The summed E-state index contributed by atoms with van der Waals surface area (Å²) < 4.78 is 0. The molecule has 2 amide bonds. The van der Waals surface area contributed by atoms with Crippen LogP contribution >= 0.6 is 11.3 Å². The van der Waals surface area contributed by atoms with Gasteiger partial charge in [-0.2, -0.15) is 0 Å². The van der Waals surface area contributed by atoms with Crippen LogP contribution in [0.4, 0.5) is 0 Å². The van der Waals surface area contributed by atoms with Crippen LogP contribution in [0.15, 0.2) is 16.5 Å². The molecule has 5 atom stereocenters. The fourth-order valence-electron chi connectivity index (χ4n) is 6.32. The summed E-state index contributed by atoms with van der Waals surface area (Å²) in [6.45, 7) is 10.8. The molecule has 4 rings (SSSR count). The number of fused-ring (bicyclic) bond motifs is 3. The Labute approximate surface area is 193 Å². The molecule has 3 aliphatic rings. The Morgan fingerprint density at radius 2 is 1.69 bits per heavy atom. The van der Waals surface area contributed by atoms with Gasteiger partial charge in [-0.15, -0.1) is 11.3 Å². The lowest BCUT2D eigenvalue weighted by Crippen LogP contribution is -2.48. The van der Waals surface area contributed by atoms with E-state index in [9.17, 15) is 19.5 Å². The normalized spacial score (nSPS) is 28.9. The first-order valence-corrected chi connectivity index (χ1v) is 12.5. The van der Waals surface area contributed by atoms with Crippen molar-refractivity contribution in [2.24, 2.45) is 35.0 Å². The lowest BCUT2D eigenvalue weighted by atomic mass is 9.72. The summed E-state index contributed by atoms with van der Waals surface area (Å²) in [5.74, 6) is -2.53. The van der Waals surface area contributed by atoms with Gasteiger partial charge in [-0.05, 0) is 74.7 Å². The Morgan fingerprint density at radius 1 is 1.03 bits per heavy atom. The summed E-state index contributed by atoms with van der Waals surface area (Å²) in [6, 6.07) is 0. The number of aliphatic carboxylic acids is 1. The monoisotopic (exact) mass is 458 g/mol. The van der Waals surface area contributed by atoms with Crippen molar-refractivity contribution in [2.75, 3.05) is 0 Å². The number of allylic oxidation sites excluding steroid dienone is 2. The first-order valence-electron chi connectivity index (χ1n) is 11.6. The van der Waals surface area contributed by atoms with Crippen LogP contribution < -0.4 is 10.9 Å². The molecule has 1 aromatic heterocycles. The lowest BCUT2D eigenvalue weighted by Gasteiger charge is -2.34. The van der Waals surface area contributed by atoms with Crippen molar-refractivity contribution in [1.29, 1.82) is 0 Å². The van der Waals surface area contributed by atoms with E-state index < -0.39 is 23.7 Å². The molecule has 3 aliphatic carbocycles. The van der Waals surface area contributed by atoms with E-state index in [4.69, 9.17) is 0 Å². The van der Waals surface area contributed by atoms with E-state index in [-0.39, 0.29) is 23.2 Å². The van der Waals surface area contributed by atoms with Gasteiger partial charge in [0.25, 0.3) is 5.91 Å². The van der Waals surface area contributed by atoms with E-state index in [0.717, 1.165) is 48.8 Å². The Hall–Kier alpha value is -2.15. The zero-order valence-electron chi connectivity index (χ0n) is 19.6. The fraction of sp³-hybridized carbons (Fsp3) is 0.640. The second-order valence-corrected chi connectivity index (χ2v) is 11.9. The minimum absolute atomic E-state index is 0.0498. The van der Waals surface area contributed by atoms with Crippen molar-refractivity contribution in [3.8, 4) is 0 Å². The van der Waals surface area contributed by atoms with Crippen LogP contribution in [-0.2, 0) is 22.4 Å². The van der Waals surface area contributed by atoms with Crippen LogP contribution in [0, 0.1) is 35.0 Å². The first-order chi connectivity index (χ1) is 15.0. The number of hydrazine groups is 1. The van der Waals surface area contributed by atoms with Gasteiger partial charge in [-0.3, -0.25) is 25.2 Å². The van der Waals surface area contributed by atoms with Crippen molar-refractivity contribution >= 4 is 29.1 Å². The summed E-state index contributed by atoms with van der Waals surface area (Å²) in [6.07, 6.45) is 4.55. The molecular weight excluding hydrogens is 424 g/mol. The number of rotatable bonds is 3. The molecule has 1 aromatic rings. The van der Waals surface area contributed by atoms with Crippen molar-refractivity contribution in [1.82, 2.24) is 10.9 Å². The van der Waals surface area contributed by atoms with E-state index in [1.807, 2.05) is 19.2 Å². The van der Waals surface area contributed by atoms with E-state index in [0.29, 0.717) is 11.5 Å². The van der Waals surface area contributed by atoms with Gasteiger partial charge < -0.3 is 5.11 Å². The quantitative estimate of drug-likeness (QED) is 0.463. The smallest absolute Gasteiger partial charge is 0.307 e. The lowest BCUT2D eigenvalue weighted by molar-refractivity contribution is -0.149. The zero-order valence-corrected chi connectivity index (χ0v) is 20.4. The van der Waals surface area contributed by atoms with Crippen LogP contribution in [0.1, 0.15) is 74.7 Å². The molecule has 0 spiro atoms. The maximum absolute atomic E-state index is 13.0. The Morgan fingerprint density at radius 3 is 2.28 bits per heavy atom. The van der Waals surface area contributed by atoms with E-state index in [1.165, 1.54) is 4.88 Å². The van der Waals surface area contributed by atoms with Crippen LogP contribution in [0.2, 0.25) is 0 Å². The number of nitrogens with one attached hydrogen (secondary N) is 2. The second-order valence-electron chi connectivity index (χ2n) is 10.9. The van der Waals surface area contributed by atoms with Crippen molar-refractivity contribution in [2.45, 2.75) is 66.7 Å². The molecule has 2 fully saturated rings. The molecule has 1 heterocycles. The molecule has 174 valence electrons. The fourth-order valence-corrected chi connectivity index (χ4v) is 7.48. The molecule has 0 radical (unpaired) electrons. The standard InChI is InChI=1S/C25H34N2O4S/c1-12(2)19-15-8-9-16(19)21(24(30)31)20(15)23(29)27-26-22(28)17-11-32-18-10-13(25(3,4)5)6-7-14(17)18/h11,13,15-16,20-21H,6-10H2,1-5H3,(H,26,28)(H,27,29)(H,30,31). The Kier molecular flexibility index (Phi) is 5.99. The summed E-state index contributed by atoms with van der Waals surface area (Å²) in [7, 11) is 0. The molecule has 32 heavy (non-hydrogen) atoms. The van der Waals surface area contributed by atoms with E-state index in [2.05, 4.69) is 31.6 Å². The van der Waals surface area contributed by atoms with Crippen molar-refractivity contribution in [3.05, 3.63) is 32.5 Å². The highest BCUT2D eigenvalue weighted by Crippen LogP contribution is 2.57. The number of hydrogen-bond acceptors (Lipinski definition) is 4. The van der Waals surface area contributed by atoms with Gasteiger partial charge in [-0.25, -0.2) is 0 Å². The predicted molar refractivity (Wildman–Crippen MR) is 124 cm³/mol. The van der Waals surface area contributed by atoms with Gasteiger partial charge in [0.05, 0.1) is 17.4 Å². The average Bonchev–Trinajstić information content (AvgIpc) is 3.41. The minimum Gasteiger partial charge on any atom is -0.481 e. The van der Waals surface area contributed by atoms with Crippen molar-refractivity contribution in [3.63, 3.8) is 0 Å². The Balaban J connectivity index is 1.44. The van der Waals surface area contributed by atoms with Crippen molar-refractivity contribution < 1.29 is 19.5 Å². The highest BCUT2D eigenvalue weighted by Gasteiger charge is 2.57. The zero-order chi connectivity index (χ0) is 23.4. The third kappa shape index (κ3) is 3.89. The molecule has 0 aliphatic heterocycles. The van der Waals surface area contributed by atoms with Gasteiger partial charge in [0, 0.05) is 10.3 Å². The summed E-state index contributed by atoms with van der Waals surface area (Å²) in [4.78, 5) is 39.1. The van der Waals surface area contributed by atoms with Crippen LogP contribution in [0.5, 0.6) is 0 Å². The summed E-state index contributed by atoms with van der Waals surface area (Å²) in [5, 5.41) is 11.7. The van der Waals surface area contributed by atoms with Gasteiger partial charge >= 0.3 is 5.97 Å². The van der Waals surface area contributed by atoms with Gasteiger partial charge in [0.2, 0.25) is 5.91 Å². The number of carbonyl (C=O) groups is 3. The minimum atomic E-state index is -0.928. The number of carboxylic acids is 1. The van der Waals surface area contributed by atoms with Crippen LogP contribution in [-0.4, -0.2) is 22.9 Å². The van der Waals surface area contributed by atoms with E-state index in [1.54, 1.807) is 11.3 Å². The van der Waals surface area contributed by atoms with Crippen LogP contribution in [0.3, 0.4) is 0 Å². The topological polar surface area (TPSA) is 95.5 Å². The maximum Gasteiger partial charge on any atom is 0.307 e. The molecule has 2 saturated carbocycles. The Bertz CT molecular complexity index is 983. The number of amides is 2. The number of carbonyl (C=O) groups excluding carboxylic acids is 2. The largest absolute Gasteiger partial charge is 0.481 e. The highest BCUT2D eigenvalue weighted by molar-refractivity contribution is 7.10. The summed E-state index contributed by atoms with van der Waals surface area (Å²) >= 11 is 1.62. The average molecular weight is 459 g/mol. The maximum atomic E-state index is 13.0. The first kappa shape index (κ1) is 23.0. The number of thiophene rings is 1. The van der Waals surface area contributed by atoms with Gasteiger partial charge in [0.1, 0.15) is 0 Å². The SMILES string of the molecule is CC(C)=C1C2CCC1C(C(=O)NNC(=O)c1csc3c1CCC(C(C)(C)C)C3)C2C(=O)O. The third-order valence-electron chi connectivity index (χ3n) is 7.93. The molecule has 5 unspecified atom stereocenters. The number of carboxylic acid groups (broad SMARTS) is 1. The van der Waals surface area contributed by atoms with Crippen LogP contribution in [0.25, 0.3) is 0 Å². The molecule has 0 saturated heterocycles. The molecule has 3 N–H and O–H groups in total. The highest BCUT2D eigenvalue weighted by atomic mass is 32.1. The van der Waals surface area contributed by atoms with Gasteiger partial charge in [-0.1, -0.05) is 31.9 Å². The molecule has 6 nitrogen and oxygen atoms in total.